The Morgan fingerprint density at radius 3 is 2.58 bits per heavy atom. The van der Waals surface area contributed by atoms with Crippen molar-refractivity contribution < 1.29 is 4.79 Å². The van der Waals surface area contributed by atoms with E-state index in [1.54, 1.807) is 7.05 Å². The third-order valence-corrected chi connectivity index (χ3v) is 3.52. The lowest BCUT2D eigenvalue weighted by Gasteiger charge is -2.32. The fourth-order valence-corrected chi connectivity index (χ4v) is 2.42. The second-order valence-electron chi connectivity index (χ2n) is 4.78. The van der Waals surface area contributed by atoms with Crippen LogP contribution in [0.3, 0.4) is 0 Å². The average Bonchev–Trinajstić information content (AvgIpc) is 2.46. The van der Waals surface area contributed by atoms with E-state index in [9.17, 15) is 4.79 Å². The first-order valence-electron chi connectivity index (χ1n) is 6.64. The summed E-state index contributed by atoms with van der Waals surface area (Å²) in [5.74, 6) is 2.81. The van der Waals surface area contributed by atoms with Crippen molar-refractivity contribution in [1.29, 1.82) is 0 Å². The number of hydrogen-bond donors (Lipinski definition) is 2. The van der Waals surface area contributed by atoms with Gasteiger partial charge in [0, 0.05) is 39.2 Å². The summed E-state index contributed by atoms with van der Waals surface area (Å²) in [6, 6.07) is 1.95. The highest BCUT2D eigenvalue weighted by molar-refractivity contribution is 5.78. The van der Waals surface area contributed by atoms with Gasteiger partial charge >= 0.3 is 0 Å². The number of piperidine rings is 1. The molecule has 1 aliphatic rings. The summed E-state index contributed by atoms with van der Waals surface area (Å²) >= 11 is 0. The maximum Gasteiger partial charge on any atom is 0.222 e. The molecule has 6 nitrogen and oxygen atoms in total. The summed E-state index contributed by atoms with van der Waals surface area (Å²) in [5, 5.41) is 5.77. The van der Waals surface area contributed by atoms with E-state index in [1.165, 1.54) is 0 Å². The Kier molecular flexibility index (Phi) is 4.19. The van der Waals surface area contributed by atoms with Gasteiger partial charge in [0.15, 0.2) is 0 Å². The number of carbonyl (C=O) groups is 1. The van der Waals surface area contributed by atoms with Gasteiger partial charge in [-0.15, -0.1) is 0 Å². The number of anilines is 2. The van der Waals surface area contributed by atoms with Crippen molar-refractivity contribution in [2.24, 2.45) is 5.92 Å². The van der Waals surface area contributed by atoms with E-state index in [0.717, 1.165) is 43.4 Å². The molecule has 0 aliphatic carbocycles. The van der Waals surface area contributed by atoms with Crippen molar-refractivity contribution in [1.82, 2.24) is 15.3 Å². The predicted molar refractivity (Wildman–Crippen MR) is 75.3 cm³/mol. The van der Waals surface area contributed by atoms with Crippen LogP contribution in [0.2, 0.25) is 0 Å². The SMILES string of the molecule is CNC(=O)C1CCN(c2cc(NC)nc(C)n2)CC1. The first-order chi connectivity index (χ1) is 9.13. The van der Waals surface area contributed by atoms with Gasteiger partial charge in [0.05, 0.1) is 0 Å². The maximum absolute atomic E-state index is 11.6. The predicted octanol–water partition coefficient (Wildman–Crippen LogP) is 0.789. The van der Waals surface area contributed by atoms with Crippen molar-refractivity contribution >= 4 is 17.5 Å². The molecule has 2 N–H and O–H groups in total. The van der Waals surface area contributed by atoms with E-state index in [2.05, 4.69) is 25.5 Å². The second-order valence-corrected chi connectivity index (χ2v) is 4.78. The van der Waals surface area contributed by atoms with E-state index in [0.29, 0.717) is 0 Å². The molecule has 6 heteroatoms. The van der Waals surface area contributed by atoms with Crippen LogP contribution in [0, 0.1) is 12.8 Å². The molecule has 104 valence electrons. The van der Waals surface area contributed by atoms with Crippen LogP contribution in [-0.4, -0.2) is 43.1 Å². The fraction of sp³-hybridized carbons (Fsp3) is 0.615. The zero-order valence-corrected chi connectivity index (χ0v) is 11.7. The number of amides is 1. The van der Waals surface area contributed by atoms with Crippen LogP contribution in [0.4, 0.5) is 11.6 Å². The molecule has 1 fully saturated rings. The van der Waals surface area contributed by atoms with Crippen LogP contribution in [0.25, 0.3) is 0 Å². The number of nitrogens with one attached hydrogen (secondary N) is 2. The standard InChI is InChI=1S/C13H21N5O/c1-9-16-11(14-2)8-12(17-9)18-6-4-10(5-7-18)13(19)15-3/h8,10H,4-7H2,1-3H3,(H,15,19)(H,14,16,17). The Morgan fingerprint density at radius 1 is 1.32 bits per heavy atom. The van der Waals surface area contributed by atoms with Gasteiger partial charge in [-0.05, 0) is 19.8 Å². The van der Waals surface area contributed by atoms with Gasteiger partial charge in [-0.25, -0.2) is 9.97 Å². The first-order valence-corrected chi connectivity index (χ1v) is 6.64. The number of aryl methyl sites for hydroxylation is 1. The molecule has 19 heavy (non-hydrogen) atoms. The molecule has 0 aromatic carbocycles. The quantitative estimate of drug-likeness (QED) is 0.843. The molecule has 0 bridgehead atoms. The number of carbonyl (C=O) groups excluding carboxylic acids is 1. The van der Waals surface area contributed by atoms with Gasteiger partial charge in [-0.2, -0.15) is 0 Å². The molecule has 1 aromatic rings. The van der Waals surface area contributed by atoms with Crippen molar-refractivity contribution in [3.05, 3.63) is 11.9 Å². The van der Waals surface area contributed by atoms with Gasteiger partial charge in [-0.1, -0.05) is 0 Å². The Hall–Kier alpha value is -1.85. The largest absolute Gasteiger partial charge is 0.373 e. The summed E-state index contributed by atoms with van der Waals surface area (Å²) in [4.78, 5) is 22.6. The molecule has 1 aromatic heterocycles. The molecule has 0 radical (unpaired) electrons. The van der Waals surface area contributed by atoms with Gasteiger partial charge < -0.3 is 15.5 Å². The van der Waals surface area contributed by atoms with Crippen molar-refractivity contribution in [3.63, 3.8) is 0 Å². The highest BCUT2D eigenvalue weighted by Gasteiger charge is 2.25. The lowest BCUT2D eigenvalue weighted by atomic mass is 9.96. The summed E-state index contributed by atoms with van der Waals surface area (Å²) in [6.45, 7) is 3.61. The molecular weight excluding hydrogens is 242 g/mol. The minimum Gasteiger partial charge on any atom is -0.373 e. The lowest BCUT2D eigenvalue weighted by molar-refractivity contribution is -0.125. The van der Waals surface area contributed by atoms with Crippen molar-refractivity contribution in [2.45, 2.75) is 19.8 Å². The van der Waals surface area contributed by atoms with Crippen LogP contribution in [0.15, 0.2) is 6.07 Å². The Bertz CT molecular complexity index is 454. The molecule has 0 atom stereocenters. The number of rotatable bonds is 3. The zero-order valence-electron chi connectivity index (χ0n) is 11.7. The highest BCUT2D eigenvalue weighted by atomic mass is 16.1. The van der Waals surface area contributed by atoms with Crippen LogP contribution < -0.4 is 15.5 Å². The summed E-state index contributed by atoms with van der Waals surface area (Å²) in [5.41, 5.74) is 0. The Balaban J connectivity index is 2.05. The molecule has 1 saturated heterocycles. The number of aromatic nitrogens is 2. The van der Waals surface area contributed by atoms with Crippen LogP contribution in [-0.2, 0) is 4.79 Å². The van der Waals surface area contributed by atoms with E-state index < -0.39 is 0 Å². The van der Waals surface area contributed by atoms with Crippen molar-refractivity contribution in [3.8, 4) is 0 Å². The molecule has 0 unspecified atom stereocenters. The smallest absolute Gasteiger partial charge is 0.222 e. The second kappa shape index (κ2) is 5.86. The lowest BCUT2D eigenvalue weighted by Crippen LogP contribution is -2.40. The monoisotopic (exact) mass is 263 g/mol. The van der Waals surface area contributed by atoms with Crippen LogP contribution in [0.1, 0.15) is 18.7 Å². The van der Waals surface area contributed by atoms with Crippen molar-refractivity contribution in [2.75, 3.05) is 37.4 Å². The minimum atomic E-state index is 0.132. The van der Waals surface area contributed by atoms with Gasteiger partial charge in [0.1, 0.15) is 17.5 Å². The van der Waals surface area contributed by atoms with Crippen LogP contribution >= 0.6 is 0 Å². The molecule has 1 amide bonds. The highest BCUT2D eigenvalue weighted by Crippen LogP contribution is 2.23. The van der Waals surface area contributed by atoms with Crippen LogP contribution in [0.5, 0.6) is 0 Å². The molecule has 0 saturated carbocycles. The molecule has 1 aliphatic heterocycles. The van der Waals surface area contributed by atoms with E-state index in [1.807, 2.05) is 20.0 Å². The molecule has 2 rings (SSSR count). The van der Waals surface area contributed by atoms with E-state index in [-0.39, 0.29) is 11.8 Å². The first kappa shape index (κ1) is 13.6. The van der Waals surface area contributed by atoms with Gasteiger partial charge in [0.2, 0.25) is 5.91 Å². The summed E-state index contributed by atoms with van der Waals surface area (Å²) in [6.07, 6.45) is 1.75. The summed E-state index contributed by atoms with van der Waals surface area (Å²) < 4.78 is 0. The zero-order chi connectivity index (χ0) is 13.8. The average molecular weight is 263 g/mol. The third kappa shape index (κ3) is 3.13. The Morgan fingerprint density at radius 2 is 2.00 bits per heavy atom. The van der Waals surface area contributed by atoms with E-state index in [4.69, 9.17) is 0 Å². The fourth-order valence-electron chi connectivity index (χ4n) is 2.42. The normalized spacial score (nSPS) is 16.3. The van der Waals surface area contributed by atoms with Gasteiger partial charge in [0.25, 0.3) is 0 Å². The van der Waals surface area contributed by atoms with Gasteiger partial charge in [-0.3, -0.25) is 4.79 Å². The minimum absolute atomic E-state index is 0.132. The van der Waals surface area contributed by atoms with E-state index >= 15 is 0 Å². The maximum atomic E-state index is 11.6. The molecule has 0 spiro atoms. The summed E-state index contributed by atoms with van der Waals surface area (Å²) in [7, 11) is 3.55. The number of nitrogens with zero attached hydrogens (tertiary/aromatic N) is 3. The third-order valence-electron chi connectivity index (χ3n) is 3.52. The molecule has 2 heterocycles. The molecular formula is C13H21N5O. The topological polar surface area (TPSA) is 70.2 Å². The Labute approximate surface area is 113 Å². The number of hydrogen-bond acceptors (Lipinski definition) is 5.